The lowest BCUT2D eigenvalue weighted by atomic mass is 10.1. The van der Waals surface area contributed by atoms with E-state index in [1.54, 1.807) is 21.3 Å². The van der Waals surface area contributed by atoms with Crippen LogP contribution in [0.15, 0.2) is 47.5 Å². The molecule has 1 heterocycles. The van der Waals surface area contributed by atoms with Crippen LogP contribution < -0.4 is 14.8 Å². The molecule has 1 fully saturated rings. The minimum Gasteiger partial charge on any atom is -0.493 e. The summed E-state index contributed by atoms with van der Waals surface area (Å²) in [7, 11) is 7.12. The zero-order valence-electron chi connectivity index (χ0n) is 20.0. The average Bonchev–Trinajstić information content (AvgIpc) is 3.23. The van der Waals surface area contributed by atoms with Crippen molar-refractivity contribution in [3.05, 3.63) is 59.2 Å². The van der Waals surface area contributed by atoms with Gasteiger partial charge in [-0.2, -0.15) is 0 Å². The molecule has 1 aliphatic heterocycles. The second-order valence-corrected chi connectivity index (χ2v) is 8.00. The first kappa shape index (κ1) is 26.8. The lowest BCUT2D eigenvalue weighted by molar-refractivity contribution is -0.128. The van der Waals surface area contributed by atoms with Crippen LogP contribution in [0.4, 0.5) is 0 Å². The predicted molar refractivity (Wildman–Crippen MR) is 143 cm³/mol. The molecule has 180 valence electrons. The van der Waals surface area contributed by atoms with E-state index in [-0.39, 0.29) is 29.9 Å². The van der Waals surface area contributed by atoms with Gasteiger partial charge in [-0.05, 0) is 41.7 Å². The molecule has 2 aromatic carbocycles. The Balaban J connectivity index is 0.00000385. The quantitative estimate of drug-likeness (QED) is 0.285. The smallest absolute Gasteiger partial charge is 0.222 e. The van der Waals surface area contributed by atoms with E-state index >= 15 is 0 Å². The van der Waals surface area contributed by atoms with E-state index in [0.717, 1.165) is 43.4 Å². The molecule has 8 heteroatoms. The lowest BCUT2D eigenvalue weighted by Gasteiger charge is -2.22. The number of likely N-dealkylation sites (tertiary alicyclic amines) is 1. The number of rotatable bonds is 9. The number of amides is 1. The van der Waals surface area contributed by atoms with Gasteiger partial charge in [0, 0.05) is 46.7 Å². The van der Waals surface area contributed by atoms with Crippen LogP contribution in [0.1, 0.15) is 29.5 Å². The van der Waals surface area contributed by atoms with Crippen molar-refractivity contribution in [3.63, 3.8) is 0 Å². The van der Waals surface area contributed by atoms with Gasteiger partial charge in [-0.3, -0.25) is 9.79 Å². The third-order valence-corrected chi connectivity index (χ3v) is 5.78. The standard InChI is InChI=1S/C25H34N4O3.HI/c1-26-25(28(2)15-13-19-11-12-22(31-3)23(16-19)32-4)27-17-20-7-9-21(10-8-20)18-29-14-5-6-24(29)30;/h7-12,16H,5-6,13-15,17-18H2,1-4H3,(H,26,27);1H. The van der Waals surface area contributed by atoms with Gasteiger partial charge in [0.05, 0.1) is 14.2 Å². The minimum absolute atomic E-state index is 0. The number of benzene rings is 2. The molecule has 1 aliphatic rings. The Morgan fingerprint density at radius 2 is 1.73 bits per heavy atom. The number of hydrogen-bond acceptors (Lipinski definition) is 4. The topological polar surface area (TPSA) is 66.4 Å². The van der Waals surface area contributed by atoms with Gasteiger partial charge in [-0.1, -0.05) is 30.3 Å². The Morgan fingerprint density at radius 3 is 2.33 bits per heavy atom. The molecule has 0 spiro atoms. The van der Waals surface area contributed by atoms with Crippen molar-refractivity contribution in [2.24, 2.45) is 4.99 Å². The first-order chi connectivity index (χ1) is 15.5. The van der Waals surface area contributed by atoms with Gasteiger partial charge in [0.25, 0.3) is 0 Å². The van der Waals surface area contributed by atoms with Crippen LogP contribution >= 0.6 is 24.0 Å². The summed E-state index contributed by atoms with van der Waals surface area (Å²) < 4.78 is 10.7. The molecule has 0 aromatic heterocycles. The molecule has 0 saturated carbocycles. The summed E-state index contributed by atoms with van der Waals surface area (Å²) in [5.41, 5.74) is 3.52. The highest BCUT2D eigenvalue weighted by Crippen LogP contribution is 2.27. The van der Waals surface area contributed by atoms with E-state index in [0.29, 0.717) is 19.5 Å². The number of likely N-dealkylation sites (N-methyl/N-ethyl adjacent to an activating group) is 1. The molecule has 1 saturated heterocycles. The summed E-state index contributed by atoms with van der Waals surface area (Å²) >= 11 is 0. The second-order valence-electron chi connectivity index (χ2n) is 8.00. The van der Waals surface area contributed by atoms with Crippen molar-refractivity contribution in [2.45, 2.75) is 32.4 Å². The van der Waals surface area contributed by atoms with Crippen molar-refractivity contribution < 1.29 is 14.3 Å². The molecular weight excluding hydrogens is 531 g/mol. The average molecular weight is 566 g/mol. The van der Waals surface area contributed by atoms with E-state index in [9.17, 15) is 4.79 Å². The van der Waals surface area contributed by atoms with Crippen molar-refractivity contribution >= 4 is 35.8 Å². The Kier molecular flexibility index (Phi) is 10.8. The molecule has 0 unspecified atom stereocenters. The fourth-order valence-corrected chi connectivity index (χ4v) is 3.86. The Morgan fingerprint density at radius 1 is 1.06 bits per heavy atom. The normalized spacial score (nSPS) is 13.5. The van der Waals surface area contributed by atoms with E-state index in [2.05, 4.69) is 45.5 Å². The zero-order chi connectivity index (χ0) is 22.9. The molecule has 0 aliphatic carbocycles. The molecule has 3 rings (SSSR count). The van der Waals surface area contributed by atoms with Gasteiger partial charge in [-0.15, -0.1) is 24.0 Å². The van der Waals surface area contributed by atoms with Gasteiger partial charge < -0.3 is 24.6 Å². The van der Waals surface area contributed by atoms with Crippen molar-refractivity contribution in [1.29, 1.82) is 0 Å². The van der Waals surface area contributed by atoms with E-state index in [1.165, 1.54) is 16.7 Å². The number of hydrogen-bond donors (Lipinski definition) is 1. The van der Waals surface area contributed by atoms with Crippen LogP contribution in [0.25, 0.3) is 0 Å². The van der Waals surface area contributed by atoms with Gasteiger partial charge in [-0.25, -0.2) is 0 Å². The summed E-state index contributed by atoms with van der Waals surface area (Å²) in [5, 5.41) is 3.43. The second kappa shape index (κ2) is 13.3. The molecule has 1 N–H and O–H groups in total. The fraction of sp³-hybridized carbons (Fsp3) is 0.440. The molecule has 0 atom stereocenters. The number of ether oxygens (including phenoxy) is 2. The number of halogens is 1. The highest BCUT2D eigenvalue weighted by Gasteiger charge is 2.19. The van der Waals surface area contributed by atoms with Crippen LogP contribution in [0.3, 0.4) is 0 Å². The maximum atomic E-state index is 11.8. The number of guanidine groups is 1. The number of aliphatic imine (C=N–C) groups is 1. The van der Waals surface area contributed by atoms with Gasteiger partial charge in [0.1, 0.15) is 0 Å². The molecule has 1 amide bonds. The monoisotopic (exact) mass is 566 g/mol. The summed E-state index contributed by atoms with van der Waals surface area (Å²) in [4.78, 5) is 20.3. The van der Waals surface area contributed by atoms with E-state index in [4.69, 9.17) is 9.47 Å². The molecule has 0 bridgehead atoms. The number of carbonyl (C=O) groups is 1. The first-order valence-corrected chi connectivity index (χ1v) is 11.0. The number of methoxy groups -OCH3 is 2. The fourth-order valence-electron chi connectivity index (χ4n) is 3.86. The predicted octanol–water partition coefficient (Wildman–Crippen LogP) is 3.69. The van der Waals surface area contributed by atoms with Gasteiger partial charge >= 0.3 is 0 Å². The first-order valence-electron chi connectivity index (χ1n) is 11.0. The van der Waals surface area contributed by atoms with Gasteiger partial charge in [0.2, 0.25) is 5.91 Å². The summed E-state index contributed by atoms with van der Waals surface area (Å²) in [6, 6.07) is 14.4. The van der Waals surface area contributed by atoms with Gasteiger partial charge in [0.15, 0.2) is 17.5 Å². The molecule has 7 nitrogen and oxygen atoms in total. The molecule has 2 aromatic rings. The third kappa shape index (κ3) is 7.52. The van der Waals surface area contributed by atoms with Crippen LogP contribution in [0.2, 0.25) is 0 Å². The highest BCUT2D eigenvalue weighted by atomic mass is 127. The number of nitrogens with one attached hydrogen (secondary N) is 1. The number of carbonyl (C=O) groups excluding carboxylic acids is 1. The maximum Gasteiger partial charge on any atom is 0.222 e. The summed E-state index contributed by atoms with van der Waals surface area (Å²) in [5.74, 6) is 2.58. The van der Waals surface area contributed by atoms with Crippen molar-refractivity contribution in [1.82, 2.24) is 15.1 Å². The van der Waals surface area contributed by atoms with Crippen LogP contribution in [0, 0.1) is 0 Å². The van der Waals surface area contributed by atoms with Crippen LogP contribution in [0.5, 0.6) is 11.5 Å². The van der Waals surface area contributed by atoms with E-state index in [1.807, 2.05) is 24.1 Å². The third-order valence-electron chi connectivity index (χ3n) is 5.78. The van der Waals surface area contributed by atoms with Crippen molar-refractivity contribution in [3.8, 4) is 11.5 Å². The maximum absolute atomic E-state index is 11.8. The minimum atomic E-state index is 0. The van der Waals surface area contributed by atoms with E-state index < -0.39 is 0 Å². The molecule has 33 heavy (non-hydrogen) atoms. The Bertz CT molecular complexity index is 934. The Labute approximate surface area is 214 Å². The Hall–Kier alpha value is -2.49. The number of nitrogens with zero attached hydrogens (tertiary/aromatic N) is 3. The molecular formula is C25H35IN4O3. The zero-order valence-corrected chi connectivity index (χ0v) is 22.3. The highest BCUT2D eigenvalue weighted by molar-refractivity contribution is 14.0. The summed E-state index contributed by atoms with van der Waals surface area (Å²) in [6.45, 7) is 3.08. The van der Waals surface area contributed by atoms with Crippen LogP contribution in [-0.4, -0.2) is 63.1 Å². The molecule has 0 radical (unpaired) electrons. The van der Waals surface area contributed by atoms with Crippen molar-refractivity contribution in [2.75, 3.05) is 41.4 Å². The van der Waals surface area contributed by atoms with Crippen LogP contribution in [-0.2, 0) is 24.3 Å². The summed E-state index contributed by atoms with van der Waals surface area (Å²) in [6.07, 6.45) is 2.52. The SMILES string of the molecule is CN=C(NCc1ccc(CN2CCCC2=O)cc1)N(C)CCc1ccc(OC)c(OC)c1.I. The lowest BCUT2D eigenvalue weighted by Crippen LogP contribution is -2.39. The largest absolute Gasteiger partial charge is 0.493 e.